The lowest BCUT2D eigenvalue weighted by Gasteiger charge is -2.00. The highest BCUT2D eigenvalue weighted by molar-refractivity contribution is 6.17. The van der Waals surface area contributed by atoms with Crippen LogP contribution in [0, 0.1) is 11.6 Å². The zero-order valence-electron chi connectivity index (χ0n) is 5.48. The summed E-state index contributed by atoms with van der Waals surface area (Å²) in [6.45, 7) is 0. The van der Waals surface area contributed by atoms with Crippen LogP contribution in [-0.4, -0.2) is 6.07 Å². The maximum atomic E-state index is 12.4. The van der Waals surface area contributed by atoms with Crippen molar-refractivity contribution in [3.63, 3.8) is 0 Å². The highest BCUT2D eigenvalue weighted by atomic mass is 35.5. The van der Waals surface area contributed by atoms with Gasteiger partial charge in [-0.1, -0.05) is 11.6 Å². The van der Waals surface area contributed by atoms with Crippen LogP contribution < -0.4 is 4.74 Å². The minimum absolute atomic E-state index is 0.0949. The Bertz CT molecular complexity index is 232. The predicted molar refractivity (Wildman–Crippen MR) is 37.7 cm³/mol. The lowest BCUT2D eigenvalue weighted by molar-refractivity contribution is 0.381. The molecule has 0 N–H and O–H groups in total. The predicted octanol–water partition coefficient (Wildman–Crippen LogP) is 2.54. The van der Waals surface area contributed by atoms with Gasteiger partial charge in [0.2, 0.25) is 0 Å². The molecule has 0 aliphatic rings. The maximum Gasteiger partial charge on any atom is 0.162 e. The molecular weight excluding hydrogens is 174 g/mol. The molecule has 1 aromatic carbocycles. The lowest BCUT2D eigenvalue weighted by atomic mass is 10.3. The average molecular weight is 179 g/mol. The molecule has 1 rings (SSSR count). The van der Waals surface area contributed by atoms with Gasteiger partial charge in [-0.05, 0) is 0 Å². The Balaban J connectivity index is 2.89. The van der Waals surface area contributed by atoms with Crippen molar-refractivity contribution in [2.24, 2.45) is 0 Å². The van der Waals surface area contributed by atoms with E-state index in [0.717, 1.165) is 18.2 Å². The minimum Gasteiger partial charge on any atom is -0.478 e. The second-order valence-electron chi connectivity index (χ2n) is 1.86. The smallest absolute Gasteiger partial charge is 0.162 e. The Morgan fingerprint density at radius 1 is 1.18 bits per heavy atom. The first-order chi connectivity index (χ1) is 5.22. The first-order valence-electron chi connectivity index (χ1n) is 2.87. The van der Waals surface area contributed by atoms with Crippen molar-refractivity contribution >= 4 is 11.6 Å². The van der Waals surface area contributed by atoms with E-state index in [0.29, 0.717) is 0 Å². The minimum atomic E-state index is -0.676. The van der Waals surface area contributed by atoms with Gasteiger partial charge in [-0.2, -0.15) is 0 Å². The zero-order valence-corrected chi connectivity index (χ0v) is 6.24. The van der Waals surface area contributed by atoms with Crippen LogP contribution in [0.4, 0.5) is 8.78 Å². The third-order valence-electron chi connectivity index (χ3n) is 1.06. The molecule has 0 amide bonds. The molecule has 0 atom stereocenters. The Kier molecular flexibility index (Phi) is 2.65. The summed E-state index contributed by atoms with van der Waals surface area (Å²) < 4.78 is 29.4. The molecule has 1 aromatic rings. The van der Waals surface area contributed by atoms with Gasteiger partial charge < -0.3 is 4.74 Å². The van der Waals surface area contributed by atoms with Crippen LogP contribution in [-0.2, 0) is 0 Å². The largest absolute Gasteiger partial charge is 0.478 e. The van der Waals surface area contributed by atoms with Crippen molar-refractivity contribution in [2.75, 3.05) is 6.07 Å². The van der Waals surface area contributed by atoms with Gasteiger partial charge in [0.25, 0.3) is 0 Å². The Labute approximate surface area is 67.5 Å². The van der Waals surface area contributed by atoms with Gasteiger partial charge in [0, 0.05) is 18.2 Å². The van der Waals surface area contributed by atoms with Crippen LogP contribution >= 0.6 is 11.6 Å². The number of alkyl halides is 1. The van der Waals surface area contributed by atoms with Gasteiger partial charge in [-0.3, -0.25) is 0 Å². The summed E-state index contributed by atoms with van der Waals surface area (Å²) in [5, 5.41) is 0. The fourth-order valence-corrected chi connectivity index (χ4v) is 0.801. The normalized spacial score (nSPS) is 9.73. The summed E-state index contributed by atoms with van der Waals surface area (Å²) in [7, 11) is 0. The number of ether oxygens (including phenoxy) is 1. The van der Waals surface area contributed by atoms with E-state index in [1.165, 1.54) is 0 Å². The van der Waals surface area contributed by atoms with Crippen molar-refractivity contribution in [1.29, 1.82) is 0 Å². The van der Waals surface area contributed by atoms with Crippen molar-refractivity contribution in [1.82, 2.24) is 0 Å². The van der Waals surface area contributed by atoms with E-state index in [9.17, 15) is 8.78 Å². The molecule has 0 spiro atoms. The topological polar surface area (TPSA) is 9.23 Å². The summed E-state index contributed by atoms with van der Waals surface area (Å²) in [4.78, 5) is 0. The first-order valence-corrected chi connectivity index (χ1v) is 3.40. The molecule has 0 radical (unpaired) electrons. The molecule has 11 heavy (non-hydrogen) atoms. The second kappa shape index (κ2) is 3.53. The highest BCUT2D eigenvalue weighted by Crippen LogP contribution is 2.15. The summed E-state index contributed by atoms with van der Waals surface area (Å²) in [6, 6.07) is 2.76. The van der Waals surface area contributed by atoms with E-state index in [1.54, 1.807) is 0 Å². The number of hydrogen-bond donors (Lipinski definition) is 0. The van der Waals surface area contributed by atoms with Crippen molar-refractivity contribution in [2.45, 2.75) is 0 Å². The molecule has 1 nitrogen and oxygen atoms in total. The molecule has 0 aliphatic heterocycles. The quantitative estimate of drug-likeness (QED) is 0.633. The third kappa shape index (κ3) is 2.35. The highest BCUT2D eigenvalue weighted by Gasteiger charge is 1.99. The molecule has 60 valence electrons. The summed E-state index contributed by atoms with van der Waals surface area (Å²) in [6.07, 6.45) is 0. The Morgan fingerprint density at radius 2 is 1.73 bits per heavy atom. The van der Waals surface area contributed by atoms with Gasteiger partial charge in [-0.25, -0.2) is 8.78 Å². The van der Waals surface area contributed by atoms with Crippen molar-refractivity contribution in [3.8, 4) is 5.75 Å². The molecular formula is C7H5ClF2O. The van der Waals surface area contributed by atoms with E-state index in [1.807, 2.05) is 0 Å². The SMILES string of the molecule is Fc1cc(F)cc(OCCl)c1. The summed E-state index contributed by atoms with van der Waals surface area (Å²) in [5.41, 5.74) is 0. The molecule has 0 aromatic heterocycles. The van der Waals surface area contributed by atoms with E-state index in [2.05, 4.69) is 4.74 Å². The van der Waals surface area contributed by atoms with Gasteiger partial charge in [0.1, 0.15) is 17.4 Å². The average Bonchev–Trinajstić information content (AvgIpc) is 1.85. The zero-order chi connectivity index (χ0) is 8.27. The van der Waals surface area contributed by atoms with E-state index >= 15 is 0 Å². The van der Waals surface area contributed by atoms with Crippen LogP contribution in [0.25, 0.3) is 0 Å². The van der Waals surface area contributed by atoms with Crippen LogP contribution in [0.3, 0.4) is 0 Å². The summed E-state index contributed by atoms with van der Waals surface area (Å²) in [5.74, 6) is -1.26. The molecule has 0 bridgehead atoms. The summed E-state index contributed by atoms with van der Waals surface area (Å²) >= 11 is 5.17. The Morgan fingerprint density at radius 3 is 2.18 bits per heavy atom. The van der Waals surface area contributed by atoms with Crippen molar-refractivity contribution < 1.29 is 13.5 Å². The third-order valence-corrected chi connectivity index (χ3v) is 1.17. The fraction of sp³-hybridized carbons (Fsp3) is 0.143. The maximum absolute atomic E-state index is 12.4. The van der Waals surface area contributed by atoms with E-state index in [4.69, 9.17) is 11.6 Å². The second-order valence-corrected chi connectivity index (χ2v) is 2.08. The lowest BCUT2D eigenvalue weighted by Crippen LogP contribution is -1.90. The van der Waals surface area contributed by atoms with Crippen LogP contribution in [0.2, 0.25) is 0 Å². The Hall–Kier alpha value is -0.830. The van der Waals surface area contributed by atoms with Crippen LogP contribution in [0.1, 0.15) is 0 Å². The van der Waals surface area contributed by atoms with Gasteiger partial charge in [0.05, 0.1) is 0 Å². The molecule has 0 aliphatic carbocycles. The van der Waals surface area contributed by atoms with E-state index < -0.39 is 11.6 Å². The molecule has 0 saturated carbocycles. The van der Waals surface area contributed by atoms with E-state index in [-0.39, 0.29) is 11.8 Å². The van der Waals surface area contributed by atoms with Gasteiger partial charge >= 0.3 is 0 Å². The van der Waals surface area contributed by atoms with Gasteiger partial charge in [-0.15, -0.1) is 0 Å². The number of benzene rings is 1. The first kappa shape index (κ1) is 8.27. The molecule has 4 heteroatoms. The number of halogens is 3. The molecule has 0 unspecified atom stereocenters. The van der Waals surface area contributed by atoms with Crippen molar-refractivity contribution in [3.05, 3.63) is 29.8 Å². The monoisotopic (exact) mass is 178 g/mol. The standard InChI is InChI=1S/C7H5ClF2O/c8-4-11-7-2-5(9)1-6(10)3-7/h1-3H,4H2. The number of hydrogen-bond acceptors (Lipinski definition) is 1. The molecule has 0 saturated heterocycles. The number of rotatable bonds is 2. The molecule has 0 heterocycles. The van der Waals surface area contributed by atoms with Crippen LogP contribution in [0.5, 0.6) is 5.75 Å². The van der Waals surface area contributed by atoms with Crippen LogP contribution in [0.15, 0.2) is 18.2 Å². The molecule has 0 fully saturated rings. The fourth-order valence-electron chi connectivity index (χ4n) is 0.675. The van der Waals surface area contributed by atoms with Gasteiger partial charge in [0.15, 0.2) is 6.07 Å².